The quantitative estimate of drug-likeness (QED) is 0.854. The number of imide groups is 1. The van der Waals surface area contributed by atoms with Crippen molar-refractivity contribution < 1.29 is 14.3 Å². The number of carbonyl (C=O) groups excluding carboxylic acids is 2. The Morgan fingerprint density at radius 3 is 2.67 bits per heavy atom. The molecule has 2 heterocycles. The van der Waals surface area contributed by atoms with Gasteiger partial charge in [-0.25, -0.2) is 9.69 Å². The largest absolute Gasteiger partial charge is 0.443 e. The molecule has 3 unspecified atom stereocenters. The van der Waals surface area contributed by atoms with Crippen LogP contribution in [0.2, 0.25) is 0 Å². The second-order valence-electron chi connectivity index (χ2n) is 8.33. The van der Waals surface area contributed by atoms with Gasteiger partial charge in [-0.2, -0.15) is 0 Å². The average molecular weight is 328 g/mol. The number of aromatic nitrogens is 1. The minimum Gasteiger partial charge on any atom is -0.443 e. The smallest absolute Gasteiger partial charge is 0.417 e. The van der Waals surface area contributed by atoms with E-state index in [-0.39, 0.29) is 23.8 Å². The predicted octanol–water partition coefficient (Wildman–Crippen LogP) is 3.28. The van der Waals surface area contributed by atoms with E-state index in [1.807, 2.05) is 27.0 Å². The highest BCUT2D eigenvalue weighted by Gasteiger charge is 2.61. The minimum atomic E-state index is -0.581. The number of nitrogens with zero attached hydrogens (tertiary/aromatic N) is 2. The molecule has 2 saturated carbocycles. The van der Waals surface area contributed by atoms with Gasteiger partial charge in [0.25, 0.3) is 0 Å². The fourth-order valence-corrected chi connectivity index (χ4v) is 3.66. The summed E-state index contributed by atoms with van der Waals surface area (Å²) in [5.74, 6) is 0.726. The lowest BCUT2D eigenvalue weighted by Crippen LogP contribution is -2.41. The first kappa shape index (κ1) is 15.6. The molecule has 3 aliphatic rings. The van der Waals surface area contributed by atoms with Crippen LogP contribution in [0.5, 0.6) is 0 Å². The number of ether oxygens (including phenoxy) is 1. The summed E-state index contributed by atoms with van der Waals surface area (Å²) in [7, 11) is 0. The maximum absolute atomic E-state index is 12.7. The van der Waals surface area contributed by atoms with Crippen molar-refractivity contribution in [3.05, 3.63) is 29.6 Å². The second kappa shape index (κ2) is 5.30. The first-order valence-electron chi connectivity index (χ1n) is 8.84. The van der Waals surface area contributed by atoms with Crippen molar-refractivity contribution in [2.75, 3.05) is 0 Å². The number of likely N-dealkylation sites (tertiary alicyclic amines) is 1. The fourth-order valence-electron chi connectivity index (χ4n) is 3.66. The Morgan fingerprint density at radius 2 is 2.08 bits per heavy atom. The molecule has 4 rings (SSSR count). The molecule has 1 aromatic heterocycles. The maximum atomic E-state index is 12.7. The average Bonchev–Trinajstić information content (AvgIpc) is 3.38. The molecule has 1 aromatic rings. The van der Waals surface area contributed by atoms with Gasteiger partial charge >= 0.3 is 6.09 Å². The van der Waals surface area contributed by atoms with E-state index in [9.17, 15) is 9.59 Å². The standard InChI is InChI=1S/C19H24N2O3/c1-19(2,3)24-18(23)21-16-9-13(16)14(17(21)22)8-11-4-7-15(20-10-11)12-5-6-12/h4,7,10,12-14,16H,5-6,8-9H2,1-3H3. The SMILES string of the molecule is CC(C)(C)OC(=O)N1C(=O)C(Cc2ccc(C3CC3)nc2)C2CC21. The zero-order valence-corrected chi connectivity index (χ0v) is 14.5. The lowest BCUT2D eigenvalue weighted by molar-refractivity contribution is -0.132. The number of hydrogen-bond donors (Lipinski definition) is 0. The van der Waals surface area contributed by atoms with Crippen LogP contribution in [0, 0.1) is 11.8 Å². The number of fused-ring (bicyclic) bond motifs is 1. The van der Waals surface area contributed by atoms with E-state index >= 15 is 0 Å². The van der Waals surface area contributed by atoms with E-state index in [2.05, 4.69) is 17.1 Å². The van der Waals surface area contributed by atoms with Crippen LogP contribution in [0.4, 0.5) is 4.79 Å². The molecule has 5 nitrogen and oxygen atoms in total. The van der Waals surface area contributed by atoms with Gasteiger partial charge < -0.3 is 4.74 Å². The van der Waals surface area contributed by atoms with Crippen molar-refractivity contribution in [3.63, 3.8) is 0 Å². The molecule has 2 amide bonds. The van der Waals surface area contributed by atoms with Gasteiger partial charge in [0.2, 0.25) is 5.91 Å². The Morgan fingerprint density at radius 1 is 1.33 bits per heavy atom. The number of rotatable bonds is 3. The van der Waals surface area contributed by atoms with Crippen molar-refractivity contribution in [2.24, 2.45) is 11.8 Å². The number of amides is 2. The van der Waals surface area contributed by atoms with Gasteiger partial charge in [0.05, 0.1) is 0 Å². The molecule has 5 heteroatoms. The van der Waals surface area contributed by atoms with E-state index in [4.69, 9.17) is 4.74 Å². The molecule has 2 aliphatic carbocycles. The Bertz CT molecular complexity index is 673. The van der Waals surface area contributed by atoms with E-state index in [0.29, 0.717) is 12.3 Å². The minimum absolute atomic E-state index is 0.0380. The Kier molecular flexibility index (Phi) is 3.44. The fraction of sp³-hybridized carbons (Fsp3) is 0.632. The zero-order chi connectivity index (χ0) is 17.1. The number of hydrogen-bond acceptors (Lipinski definition) is 4. The van der Waals surface area contributed by atoms with Crippen molar-refractivity contribution in [2.45, 2.75) is 64.0 Å². The highest BCUT2D eigenvalue weighted by Crippen LogP contribution is 2.50. The van der Waals surface area contributed by atoms with Gasteiger partial charge in [-0.05, 0) is 64.0 Å². The summed E-state index contributed by atoms with van der Waals surface area (Å²) in [6.45, 7) is 5.46. The molecule has 128 valence electrons. The van der Waals surface area contributed by atoms with Crippen LogP contribution < -0.4 is 0 Å². The molecule has 0 N–H and O–H groups in total. The van der Waals surface area contributed by atoms with E-state index in [1.54, 1.807) is 0 Å². The highest BCUT2D eigenvalue weighted by atomic mass is 16.6. The van der Waals surface area contributed by atoms with Gasteiger partial charge in [0.15, 0.2) is 0 Å². The summed E-state index contributed by atoms with van der Waals surface area (Å²) >= 11 is 0. The summed E-state index contributed by atoms with van der Waals surface area (Å²) in [4.78, 5) is 30.9. The Balaban J connectivity index is 1.43. The van der Waals surface area contributed by atoms with Crippen molar-refractivity contribution in [1.29, 1.82) is 0 Å². The summed E-state index contributed by atoms with van der Waals surface area (Å²) in [6.07, 6.45) is 5.45. The third-order valence-electron chi connectivity index (χ3n) is 5.10. The normalized spacial score (nSPS) is 28.7. The summed E-state index contributed by atoms with van der Waals surface area (Å²) in [5, 5.41) is 0. The number of piperidine rings is 1. The number of pyridine rings is 1. The summed E-state index contributed by atoms with van der Waals surface area (Å²) in [5.41, 5.74) is 1.66. The van der Waals surface area contributed by atoms with E-state index in [0.717, 1.165) is 17.7 Å². The highest BCUT2D eigenvalue weighted by molar-refractivity contribution is 5.97. The lowest BCUT2D eigenvalue weighted by atomic mass is 9.96. The molecule has 0 aromatic carbocycles. The van der Waals surface area contributed by atoms with Crippen LogP contribution in [0.1, 0.15) is 57.2 Å². The van der Waals surface area contributed by atoms with E-state index in [1.165, 1.54) is 17.7 Å². The van der Waals surface area contributed by atoms with Gasteiger partial charge in [-0.3, -0.25) is 9.78 Å². The van der Waals surface area contributed by atoms with Gasteiger partial charge in [-0.15, -0.1) is 0 Å². The van der Waals surface area contributed by atoms with Crippen molar-refractivity contribution in [1.82, 2.24) is 9.88 Å². The van der Waals surface area contributed by atoms with Crippen LogP contribution in [-0.2, 0) is 16.0 Å². The topological polar surface area (TPSA) is 59.5 Å². The zero-order valence-electron chi connectivity index (χ0n) is 14.5. The van der Waals surface area contributed by atoms with Gasteiger partial charge in [0, 0.05) is 29.8 Å². The Hall–Kier alpha value is -1.91. The molecular weight excluding hydrogens is 304 g/mol. The third kappa shape index (κ3) is 2.92. The predicted molar refractivity (Wildman–Crippen MR) is 88.4 cm³/mol. The molecular formula is C19H24N2O3. The maximum Gasteiger partial charge on any atom is 0.417 e. The Labute approximate surface area is 142 Å². The molecule has 0 bridgehead atoms. The van der Waals surface area contributed by atoms with Crippen LogP contribution in [-0.4, -0.2) is 33.5 Å². The summed E-state index contributed by atoms with van der Waals surface area (Å²) in [6, 6.07) is 4.21. The molecule has 3 atom stereocenters. The molecule has 1 saturated heterocycles. The van der Waals surface area contributed by atoms with E-state index < -0.39 is 11.7 Å². The molecule has 1 aliphatic heterocycles. The molecule has 24 heavy (non-hydrogen) atoms. The van der Waals surface area contributed by atoms with Crippen LogP contribution >= 0.6 is 0 Å². The number of carbonyl (C=O) groups is 2. The van der Waals surface area contributed by atoms with Crippen LogP contribution in [0.15, 0.2) is 18.3 Å². The summed E-state index contributed by atoms with van der Waals surface area (Å²) < 4.78 is 5.39. The second-order valence-corrected chi connectivity index (χ2v) is 8.33. The third-order valence-corrected chi connectivity index (χ3v) is 5.10. The van der Waals surface area contributed by atoms with Gasteiger partial charge in [-0.1, -0.05) is 6.07 Å². The monoisotopic (exact) mass is 328 g/mol. The first-order chi connectivity index (χ1) is 11.3. The molecule has 0 radical (unpaired) electrons. The molecule has 3 fully saturated rings. The molecule has 0 spiro atoms. The van der Waals surface area contributed by atoms with Crippen molar-refractivity contribution >= 4 is 12.0 Å². The van der Waals surface area contributed by atoms with Crippen molar-refractivity contribution in [3.8, 4) is 0 Å². The van der Waals surface area contributed by atoms with Crippen LogP contribution in [0.3, 0.4) is 0 Å². The van der Waals surface area contributed by atoms with Crippen LogP contribution in [0.25, 0.3) is 0 Å². The lowest BCUT2D eigenvalue weighted by Gasteiger charge is -2.25. The first-order valence-corrected chi connectivity index (χ1v) is 8.84. The van der Waals surface area contributed by atoms with Gasteiger partial charge in [0.1, 0.15) is 5.60 Å².